The Morgan fingerprint density at radius 3 is 1.92 bits per heavy atom. The summed E-state index contributed by atoms with van der Waals surface area (Å²) in [5.41, 5.74) is 0.732. The van der Waals surface area contributed by atoms with Gasteiger partial charge in [0.15, 0.2) is 0 Å². The summed E-state index contributed by atoms with van der Waals surface area (Å²) in [7, 11) is 0. The first-order chi connectivity index (χ1) is 12.2. The first kappa shape index (κ1) is 21.3. The topological polar surface area (TPSA) is 51.2 Å². The van der Waals surface area contributed by atoms with Crippen LogP contribution in [-0.4, -0.2) is 18.4 Å². The summed E-state index contributed by atoms with van der Waals surface area (Å²) >= 11 is 0. The molecule has 3 nitrogen and oxygen atoms in total. The maximum Gasteiger partial charge on any atom is 0.144 e. The summed E-state index contributed by atoms with van der Waals surface area (Å²) in [6.07, 6.45) is 12.4. The van der Waals surface area contributed by atoms with Gasteiger partial charge in [-0.15, -0.1) is 0 Å². The fourth-order valence-electron chi connectivity index (χ4n) is 3.18. The second kappa shape index (κ2) is 13.5. The highest BCUT2D eigenvalue weighted by molar-refractivity contribution is 5.97. The summed E-state index contributed by atoms with van der Waals surface area (Å²) in [6.45, 7) is 2.22. The maximum absolute atomic E-state index is 12.4. The van der Waals surface area contributed by atoms with E-state index in [1.165, 1.54) is 38.5 Å². The van der Waals surface area contributed by atoms with Crippen molar-refractivity contribution in [1.82, 2.24) is 0 Å². The number of benzene rings is 1. The molecule has 1 rings (SSSR count). The average molecular weight is 344 g/mol. The highest BCUT2D eigenvalue weighted by Gasteiger charge is 2.28. The molecule has 0 saturated heterocycles. The van der Waals surface area contributed by atoms with Gasteiger partial charge in [0.1, 0.15) is 18.4 Å². The third kappa shape index (κ3) is 8.24. The van der Waals surface area contributed by atoms with Crippen molar-refractivity contribution in [2.24, 2.45) is 5.92 Å². The van der Waals surface area contributed by atoms with E-state index in [0.29, 0.717) is 12.7 Å². The van der Waals surface area contributed by atoms with E-state index in [1.54, 1.807) is 12.1 Å². The van der Waals surface area contributed by atoms with Gasteiger partial charge in [0.25, 0.3) is 0 Å². The molecule has 0 aromatic heterocycles. The number of ketones is 1. The van der Waals surface area contributed by atoms with Gasteiger partial charge in [-0.05, 0) is 12.0 Å². The molecule has 3 heteroatoms. The summed E-state index contributed by atoms with van der Waals surface area (Å²) in [5, 5.41) is 0. The van der Waals surface area contributed by atoms with Crippen molar-refractivity contribution in [3.05, 3.63) is 35.9 Å². The zero-order valence-electron chi connectivity index (χ0n) is 15.5. The summed E-state index contributed by atoms with van der Waals surface area (Å²) in [6, 6.07) is 9.07. The van der Waals surface area contributed by atoms with Gasteiger partial charge in [0.2, 0.25) is 0 Å². The fraction of sp³-hybridized carbons (Fsp3) is 0.591. The lowest BCUT2D eigenvalue weighted by molar-refractivity contribution is -0.130. The Morgan fingerprint density at radius 1 is 0.840 bits per heavy atom. The van der Waals surface area contributed by atoms with Crippen LogP contribution in [0.5, 0.6) is 0 Å². The smallest absolute Gasteiger partial charge is 0.144 e. The van der Waals surface area contributed by atoms with Gasteiger partial charge in [-0.1, -0.05) is 88.6 Å². The number of hydrogen-bond donors (Lipinski definition) is 0. The molecule has 0 radical (unpaired) electrons. The van der Waals surface area contributed by atoms with E-state index >= 15 is 0 Å². The first-order valence-electron chi connectivity index (χ1n) is 9.72. The molecule has 0 spiro atoms. The zero-order valence-corrected chi connectivity index (χ0v) is 15.5. The van der Waals surface area contributed by atoms with Gasteiger partial charge in [0, 0.05) is 6.42 Å². The predicted octanol–water partition coefficient (Wildman–Crippen LogP) is 5.27. The number of rotatable bonds is 15. The first-order valence-corrected chi connectivity index (χ1v) is 9.72. The fourth-order valence-corrected chi connectivity index (χ4v) is 3.18. The van der Waals surface area contributed by atoms with Crippen LogP contribution in [0.1, 0.15) is 82.6 Å². The number of carbonyl (C=O) groups is 3. The molecule has 0 fully saturated rings. The Kier molecular flexibility index (Phi) is 11.5. The van der Waals surface area contributed by atoms with E-state index in [4.69, 9.17) is 0 Å². The van der Waals surface area contributed by atoms with Crippen molar-refractivity contribution in [2.75, 3.05) is 0 Å². The number of unbranched alkanes of at least 4 members (excludes halogenated alkanes) is 8. The van der Waals surface area contributed by atoms with Crippen molar-refractivity contribution in [2.45, 2.75) is 77.0 Å². The molecular weight excluding hydrogens is 312 g/mol. The van der Waals surface area contributed by atoms with E-state index in [0.717, 1.165) is 31.1 Å². The van der Waals surface area contributed by atoms with Crippen LogP contribution in [0.4, 0.5) is 0 Å². The average Bonchev–Trinajstić information content (AvgIpc) is 2.65. The molecule has 25 heavy (non-hydrogen) atoms. The number of Topliss-reactive ketones (excluding diaryl/α,β-unsaturated/α-hetero) is 1. The molecule has 1 aromatic rings. The molecule has 0 heterocycles. The van der Waals surface area contributed by atoms with Gasteiger partial charge >= 0.3 is 0 Å². The Bertz CT molecular complexity index is 495. The van der Waals surface area contributed by atoms with Crippen LogP contribution in [0, 0.1) is 5.92 Å². The van der Waals surface area contributed by atoms with E-state index < -0.39 is 11.8 Å². The molecule has 2 atom stereocenters. The molecule has 0 aliphatic carbocycles. The van der Waals surface area contributed by atoms with E-state index in [-0.39, 0.29) is 5.78 Å². The van der Waals surface area contributed by atoms with Crippen LogP contribution in [0.2, 0.25) is 0 Å². The Labute approximate surface area is 152 Å². The number of carbonyl (C=O) groups excluding carboxylic acids is 3. The monoisotopic (exact) mass is 344 g/mol. The lowest BCUT2D eigenvalue weighted by atomic mass is 9.83. The minimum atomic E-state index is -0.853. The van der Waals surface area contributed by atoms with Crippen LogP contribution in [0.25, 0.3) is 0 Å². The second-order valence-corrected chi connectivity index (χ2v) is 6.78. The van der Waals surface area contributed by atoms with Gasteiger partial charge in [-0.25, -0.2) is 0 Å². The highest BCUT2D eigenvalue weighted by atomic mass is 16.1. The summed E-state index contributed by atoms with van der Waals surface area (Å²) in [4.78, 5) is 35.2. The highest BCUT2D eigenvalue weighted by Crippen LogP contribution is 2.24. The van der Waals surface area contributed by atoms with Crippen molar-refractivity contribution >= 4 is 18.4 Å². The number of hydrogen-bond acceptors (Lipinski definition) is 3. The predicted molar refractivity (Wildman–Crippen MR) is 102 cm³/mol. The van der Waals surface area contributed by atoms with Crippen molar-refractivity contribution < 1.29 is 14.4 Å². The molecule has 2 unspecified atom stereocenters. The van der Waals surface area contributed by atoms with Gasteiger partial charge in [-0.2, -0.15) is 0 Å². The van der Waals surface area contributed by atoms with E-state index in [1.807, 2.05) is 18.2 Å². The molecular formula is C22H32O3. The third-order valence-corrected chi connectivity index (χ3v) is 4.76. The number of aldehydes is 2. The molecule has 0 bridgehead atoms. The Morgan fingerprint density at radius 2 is 1.40 bits per heavy atom. The van der Waals surface area contributed by atoms with Crippen LogP contribution in [-0.2, 0) is 14.4 Å². The third-order valence-electron chi connectivity index (χ3n) is 4.76. The zero-order chi connectivity index (χ0) is 18.3. The molecule has 0 amide bonds. The van der Waals surface area contributed by atoms with Crippen LogP contribution in [0.15, 0.2) is 30.3 Å². The van der Waals surface area contributed by atoms with Crippen molar-refractivity contribution in [3.8, 4) is 0 Å². The molecule has 138 valence electrons. The largest absolute Gasteiger partial charge is 0.303 e. The molecule has 1 aromatic carbocycles. The van der Waals surface area contributed by atoms with E-state index in [2.05, 4.69) is 6.92 Å². The molecule has 0 aliphatic rings. The van der Waals surface area contributed by atoms with E-state index in [9.17, 15) is 14.4 Å². The minimum Gasteiger partial charge on any atom is -0.303 e. The Balaban J connectivity index is 2.31. The van der Waals surface area contributed by atoms with Crippen molar-refractivity contribution in [3.63, 3.8) is 0 Å². The van der Waals surface area contributed by atoms with Gasteiger partial charge < -0.3 is 9.59 Å². The van der Waals surface area contributed by atoms with Crippen LogP contribution < -0.4 is 0 Å². The van der Waals surface area contributed by atoms with Crippen LogP contribution >= 0.6 is 0 Å². The maximum atomic E-state index is 12.4. The van der Waals surface area contributed by atoms with Gasteiger partial charge in [0.05, 0.1) is 11.8 Å². The second-order valence-electron chi connectivity index (χ2n) is 6.78. The lowest BCUT2D eigenvalue weighted by Gasteiger charge is -2.17. The Hall–Kier alpha value is -1.77. The molecule has 0 aliphatic heterocycles. The SMILES string of the molecule is CCCCCCCCCCCC(=O)C(C=O)C(C=O)c1ccccc1. The quantitative estimate of drug-likeness (QED) is 0.247. The van der Waals surface area contributed by atoms with Gasteiger partial charge in [-0.3, -0.25) is 4.79 Å². The summed E-state index contributed by atoms with van der Waals surface area (Å²) < 4.78 is 0. The lowest BCUT2D eigenvalue weighted by Crippen LogP contribution is -2.25. The van der Waals surface area contributed by atoms with Crippen LogP contribution in [0.3, 0.4) is 0 Å². The standard InChI is InChI=1S/C22H32O3/c1-2-3-4-5-6-7-8-9-13-16-22(25)21(18-24)20(17-23)19-14-11-10-12-15-19/h10-12,14-15,17-18,20-21H,2-9,13,16H2,1H3. The summed E-state index contributed by atoms with van der Waals surface area (Å²) in [5.74, 6) is -1.63. The molecule has 0 N–H and O–H groups in total. The normalized spacial score (nSPS) is 13.2. The molecule has 0 saturated carbocycles. The van der Waals surface area contributed by atoms with Crippen molar-refractivity contribution in [1.29, 1.82) is 0 Å². The minimum absolute atomic E-state index is 0.112.